The van der Waals surface area contributed by atoms with Gasteiger partial charge in [0.05, 0.1) is 5.02 Å². The largest absolute Gasteiger partial charge is 0.489 e. The molecule has 2 rings (SSSR count). The third-order valence-electron chi connectivity index (χ3n) is 2.97. The molecule has 0 aromatic heterocycles. The zero-order valence-electron chi connectivity index (χ0n) is 9.88. The molecule has 94 valence electrons. The molecule has 0 radical (unpaired) electrons. The summed E-state index contributed by atoms with van der Waals surface area (Å²) in [5.74, 6) is 0.786. The van der Waals surface area contributed by atoms with E-state index in [1.54, 1.807) is 0 Å². The fraction of sp³-hybridized carbons (Fsp3) is 0.538. The van der Waals surface area contributed by atoms with Crippen molar-refractivity contribution in [3.05, 3.63) is 27.7 Å². The molecule has 0 unspecified atom stereocenters. The number of nitrogens with one attached hydrogen (secondary N) is 1. The first kappa shape index (κ1) is 13.2. The van der Waals surface area contributed by atoms with E-state index in [2.05, 4.69) is 28.2 Å². The summed E-state index contributed by atoms with van der Waals surface area (Å²) < 4.78 is 6.83. The molecule has 1 saturated carbocycles. The lowest BCUT2D eigenvalue weighted by atomic mass is 9.89. The molecule has 1 aromatic carbocycles. The summed E-state index contributed by atoms with van der Waals surface area (Å²) in [6, 6.07) is 6.35. The van der Waals surface area contributed by atoms with E-state index in [1.165, 1.54) is 6.42 Å². The predicted octanol–water partition coefficient (Wildman–Crippen LogP) is 4.01. The van der Waals surface area contributed by atoms with Crippen LogP contribution in [0.5, 0.6) is 5.75 Å². The van der Waals surface area contributed by atoms with Gasteiger partial charge in [-0.25, -0.2) is 0 Å². The van der Waals surface area contributed by atoms with Crippen LogP contribution in [0.25, 0.3) is 0 Å². The highest BCUT2D eigenvalue weighted by Crippen LogP contribution is 2.32. The zero-order chi connectivity index (χ0) is 12.3. The maximum Gasteiger partial charge on any atom is 0.138 e. The first-order valence-corrected chi connectivity index (χ1v) is 7.21. The van der Waals surface area contributed by atoms with E-state index < -0.39 is 0 Å². The van der Waals surface area contributed by atoms with E-state index in [0.29, 0.717) is 17.2 Å². The van der Waals surface area contributed by atoms with Gasteiger partial charge in [0.2, 0.25) is 0 Å². The average molecular weight is 319 g/mol. The molecule has 0 spiro atoms. The summed E-state index contributed by atoms with van der Waals surface area (Å²) in [4.78, 5) is 0. The highest BCUT2D eigenvalue weighted by Gasteiger charge is 2.30. The monoisotopic (exact) mass is 317 g/mol. The van der Waals surface area contributed by atoms with Crippen LogP contribution < -0.4 is 10.1 Å². The van der Waals surface area contributed by atoms with Crippen molar-refractivity contribution in [3.8, 4) is 5.75 Å². The molecule has 0 heterocycles. The lowest BCUT2D eigenvalue weighted by Crippen LogP contribution is -2.47. The van der Waals surface area contributed by atoms with Gasteiger partial charge in [0.1, 0.15) is 11.9 Å². The summed E-state index contributed by atoms with van der Waals surface area (Å²) >= 11 is 9.49. The van der Waals surface area contributed by atoms with E-state index in [9.17, 15) is 0 Å². The van der Waals surface area contributed by atoms with Gasteiger partial charge in [-0.3, -0.25) is 0 Å². The van der Waals surface area contributed by atoms with E-state index in [1.807, 2.05) is 18.2 Å². The molecule has 1 fully saturated rings. The molecule has 4 heteroatoms. The standard InChI is InChI=1S/C13H17BrClNO/c1-2-5-16-10-7-11(8-10)17-13-4-3-9(14)6-12(13)15/h3-4,6,10-11,16H,2,5,7-8H2,1H3. The maximum absolute atomic E-state index is 6.10. The topological polar surface area (TPSA) is 21.3 Å². The van der Waals surface area contributed by atoms with Gasteiger partial charge in [0, 0.05) is 10.5 Å². The van der Waals surface area contributed by atoms with Crippen LogP contribution in [0.1, 0.15) is 26.2 Å². The molecule has 0 bridgehead atoms. The number of benzene rings is 1. The second-order valence-electron chi connectivity index (χ2n) is 4.44. The van der Waals surface area contributed by atoms with E-state index in [0.717, 1.165) is 29.6 Å². The van der Waals surface area contributed by atoms with E-state index in [-0.39, 0.29) is 0 Å². The van der Waals surface area contributed by atoms with Crippen LogP contribution in [0.4, 0.5) is 0 Å². The Morgan fingerprint density at radius 3 is 2.88 bits per heavy atom. The van der Waals surface area contributed by atoms with Crippen LogP contribution >= 0.6 is 27.5 Å². The van der Waals surface area contributed by atoms with Crippen molar-refractivity contribution in [2.45, 2.75) is 38.3 Å². The lowest BCUT2D eigenvalue weighted by Gasteiger charge is -2.36. The Balaban J connectivity index is 1.79. The Bertz CT molecular complexity index is 380. The molecule has 1 aliphatic rings. The zero-order valence-corrected chi connectivity index (χ0v) is 12.2. The first-order chi connectivity index (χ1) is 8.19. The minimum Gasteiger partial charge on any atom is -0.489 e. The van der Waals surface area contributed by atoms with Gasteiger partial charge in [-0.05, 0) is 44.0 Å². The number of rotatable bonds is 5. The summed E-state index contributed by atoms with van der Waals surface area (Å²) in [6.45, 7) is 3.28. The van der Waals surface area contributed by atoms with Gasteiger partial charge in [0.25, 0.3) is 0 Å². The van der Waals surface area contributed by atoms with Gasteiger partial charge in [-0.2, -0.15) is 0 Å². The molecule has 0 amide bonds. The smallest absolute Gasteiger partial charge is 0.138 e. The molecule has 1 aliphatic carbocycles. The third kappa shape index (κ3) is 3.60. The summed E-state index contributed by atoms with van der Waals surface area (Å²) in [5, 5.41) is 4.16. The fourth-order valence-electron chi connectivity index (χ4n) is 1.93. The van der Waals surface area contributed by atoms with Crippen molar-refractivity contribution in [2.24, 2.45) is 0 Å². The Kier molecular flexibility index (Phi) is 4.71. The Labute approximate surface area is 116 Å². The molecule has 0 aliphatic heterocycles. The number of hydrogen-bond donors (Lipinski definition) is 1. The van der Waals surface area contributed by atoms with Crippen molar-refractivity contribution in [1.82, 2.24) is 5.32 Å². The summed E-state index contributed by atoms with van der Waals surface area (Å²) in [6.07, 6.45) is 3.64. The molecule has 1 aromatic rings. The Hall–Kier alpha value is -0.250. The van der Waals surface area contributed by atoms with Crippen LogP contribution in [0.3, 0.4) is 0 Å². The SMILES string of the molecule is CCCNC1CC(Oc2ccc(Br)cc2Cl)C1. The van der Waals surface area contributed by atoms with Crippen molar-refractivity contribution < 1.29 is 4.74 Å². The van der Waals surface area contributed by atoms with Crippen LogP contribution in [0, 0.1) is 0 Å². The summed E-state index contributed by atoms with van der Waals surface area (Å²) in [5.41, 5.74) is 0. The second kappa shape index (κ2) is 6.07. The fourth-order valence-corrected chi connectivity index (χ4v) is 2.65. The van der Waals surface area contributed by atoms with Gasteiger partial charge in [-0.1, -0.05) is 34.5 Å². The van der Waals surface area contributed by atoms with Crippen molar-refractivity contribution >= 4 is 27.5 Å². The van der Waals surface area contributed by atoms with Crippen LogP contribution in [0.15, 0.2) is 22.7 Å². The predicted molar refractivity (Wildman–Crippen MR) is 74.9 cm³/mol. The van der Waals surface area contributed by atoms with Crippen molar-refractivity contribution in [2.75, 3.05) is 6.54 Å². The van der Waals surface area contributed by atoms with Crippen LogP contribution in [-0.2, 0) is 0 Å². The van der Waals surface area contributed by atoms with Gasteiger partial charge >= 0.3 is 0 Å². The Morgan fingerprint density at radius 2 is 2.24 bits per heavy atom. The molecule has 0 atom stereocenters. The minimum atomic E-state index is 0.308. The normalized spacial score (nSPS) is 23.2. The van der Waals surface area contributed by atoms with E-state index >= 15 is 0 Å². The van der Waals surface area contributed by atoms with Gasteiger partial charge < -0.3 is 10.1 Å². The van der Waals surface area contributed by atoms with Crippen molar-refractivity contribution in [3.63, 3.8) is 0 Å². The highest BCUT2D eigenvalue weighted by atomic mass is 79.9. The number of hydrogen-bond acceptors (Lipinski definition) is 2. The number of halogens is 2. The molecular weight excluding hydrogens is 302 g/mol. The van der Waals surface area contributed by atoms with Crippen molar-refractivity contribution in [1.29, 1.82) is 0 Å². The third-order valence-corrected chi connectivity index (χ3v) is 3.75. The molecule has 1 N–H and O–H groups in total. The molecule has 0 saturated heterocycles. The quantitative estimate of drug-likeness (QED) is 0.885. The minimum absolute atomic E-state index is 0.308. The highest BCUT2D eigenvalue weighted by molar-refractivity contribution is 9.10. The van der Waals surface area contributed by atoms with Gasteiger partial charge in [-0.15, -0.1) is 0 Å². The summed E-state index contributed by atoms with van der Waals surface area (Å²) in [7, 11) is 0. The van der Waals surface area contributed by atoms with Gasteiger partial charge in [0.15, 0.2) is 0 Å². The maximum atomic E-state index is 6.10. The molecule has 17 heavy (non-hydrogen) atoms. The first-order valence-electron chi connectivity index (χ1n) is 6.04. The average Bonchev–Trinajstić information content (AvgIpc) is 2.24. The Morgan fingerprint density at radius 1 is 1.47 bits per heavy atom. The lowest BCUT2D eigenvalue weighted by molar-refractivity contribution is 0.0853. The van der Waals surface area contributed by atoms with E-state index in [4.69, 9.17) is 16.3 Å². The van der Waals surface area contributed by atoms with Crippen LogP contribution in [0.2, 0.25) is 5.02 Å². The molecule has 2 nitrogen and oxygen atoms in total. The molecular formula is C13H17BrClNO. The second-order valence-corrected chi connectivity index (χ2v) is 5.76. The number of ether oxygens (including phenoxy) is 1. The van der Waals surface area contributed by atoms with Crippen LogP contribution in [-0.4, -0.2) is 18.7 Å².